The van der Waals surface area contributed by atoms with Crippen LogP contribution in [0.4, 0.5) is 0 Å². The Kier molecular flexibility index (Phi) is 5.07. The smallest absolute Gasteiger partial charge is 0.241 e. The lowest BCUT2D eigenvalue weighted by Gasteiger charge is -2.41. The standard InChI is InChI=1S/C14H26N2O3S/c1-3-11-10-16(12(4-2)9-15-11)14(17)13-7-5-6-8-20(13,18)19/h11-13,15H,3-10H2,1-2H3. The highest BCUT2D eigenvalue weighted by Crippen LogP contribution is 2.24. The van der Waals surface area contributed by atoms with Crippen LogP contribution in [-0.4, -0.2) is 55.4 Å². The van der Waals surface area contributed by atoms with Crippen LogP contribution < -0.4 is 5.32 Å². The number of nitrogens with zero attached hydrogens (tertiary/aromatic N) is 1. The molecule has 116 valence electrons. The molecular formula is C14H26N2O3S. The topological polar surface area (TPSA) is 66.5 Å². The highest BCUT2D eigenvalue weighted by Gasteiger charge is 2.40. The van der Waals surface area contributed by atoms with E-state index < -0.39 is 15.1 Å². The Morgan fingerprint density at radius 2 is 2.00 bits per heavy atom. The Labute approximate surface area is 122 Å². The number of piperazine rings is 1. The number of carbonyl (C=O) groups excluding carboxylic acids is 1. The molecule has 1 N–H and O–H groups in total. The molecule has 2 aliphatic rings. The van der Waals surface area contributed by atoms with Crippen molar-refractivity contribution >= 4 is 15.7 Å². The first-order chi connectivity index (χ1) is 9.49. The zero-order valence-corrected chi connectivity index (χ0v) is 13.3. The minimum atomic E-state index is -3.24. The number of hydrogen-bond acceptors (Lipinski definition) is 4. The van der Waals surface area contributed by atoms with Gasteiger partial charge in [0.2, 0.25) is 5.91 Å². The van der Waals surface area contributed by atoms with E-state index in [1.807, 2.05) is 11.8 Å². The van der Waals surface area contributed by atoms with Crippen molar-refractivity contribution in [1.29, 1.82) is 0 Å². The molecule has 2 rings (SSSR count). The second kappa shape index (κ2) is 6.43. The van der Waals surface area contributed by atoms with Crippen molar-refractivity contribution in [3.63, 3.8) is 0 Å². The zero-order chi connectivity index (χ0) is 14.8. The predicted octanol–water partition coefficient (Wildman–Crippen LogP) is 0.943. The van der Waals surface area contributed by atoms with E-state index in [-0.39, 0.29) is 23.7 Å². The molecule has 2 heterocycles. The molecule has 5 nitrogen and oxygen atoms in total. The van der Waals surface area contributed by atoms with Gasteiger partial charge in [-0.3, -0.25) is 4.79 Å². The van der Waals surface area contributed by atoms with Gasteiger partial charge in [-0.15, -0.1) is 0 Å². The summed E-state index contributed by atoms with van der Waals surface area (Å²) in [6, 6.07) is 0.412. The average molecular weight is 302 g/mol. The monoisotopic (exact) mass is 302 g/mol. The van der Waals surface area contributed by atoms with Gasteiger partial charge in [-0.1, -0.05) is 20.3 Å². The number of nitrogens with one attached hydrogen (secondary N) is 1. The van der Waals surface area contributed by atoms with Gasteiger partial charge in [0.15, 0.2) is 9.84 Å². The molecule has 20 heavy (non-hydrogen) atoms. The van der Waals surface area contributed by atoms with E-state index in [4.69, 9.17) is 0 Å². The molecule has 2 saturated heterocycles. The minimum absolute atomic E-state index is 0.127. The SMILES string of the molecule is CCC1CN(C(=O)C2CCCCS2(=O)=O)C(CC)CN1. The van der Waals surface area contributed by atoms with Gasteiger partial charge in [0.1, 0.15) is 5.25 Å². The van der Waals surface area contributed by atoms with Crippen molar-refractivity contribution in [2.45, 2.75) is 63.3 Å². The van der Waals surface area contributed by atoms with Crippen LogP contribution in [0.5, 0.6) is 0 Å². The molecule has 0 bridgehead atoms. The van der Waals surface area contributed by atoms with Crippen LogP contribution in [0, 0.1) is 0 Å². The fraction of sp³-hybridized carbons (Fsp3) is 0.929. The van der Waals surface area contributed by atoms with Crippen molar-refractivity contribution in [2.24, 2.45) is 0 Å². The molecule has 3 atom stereocenters. The van der Waals surface area contributed by atoms with E-state index in [0.29, 0.717) is 19.4 Å². The quantitative estimate of drug-likeness (QED) is 0.843. The number of carbonyl (C=O) groups is 1. The van der Waals surface area contributed by atoms with Crippen LogP contribution in [0.1, 0.15) is 46.0 Å². The Hall–Kier alpha value is -0.620. The normalized spacial score (nSPS) is 33.9. The molecule has 0 saturated carbocycles. The lowest BCUT2D eigenvalue weighted by molar-refractivity contribution is -0.135. The molecule has 0 aromatic rings. The molecule has 0 aromatic carbocycles. The maximum absolute atomic E-state index is 12.7. The summed E-state index contributed by atoms with van der Waals surface area (Å²) in [4.78, 5) is 14.6. The van der Waals surface area contributed by atoms with Crippen molar-refractivity contribution in [1.82, 2.24) is 10.2 Å². The lowest BCUT2D eigenvalue weighted by atomic mass is 10.0. The highest BCUT2D eigenvalue weighted by molar-refractivity contribution is 7.92. The maximum atomic E-state index is 12.7. The highest BCUT2D eigenvalue weighted by atomic mass is 32.2. The van der Waals surface area contributed by atoms with Crippen LogP contribution in [0.2, 0.25) is 0 Å². The summed E-state index contributed by atoms with van der Waals surface area (Å²) in [5, 5.41) is 2.64. The number of amides is 1. The summed E-state index contributed by atoms with van der Waals surface area (Å²) in [6.07, 6.45) is 3.86. The summed E-state index contributed by atoms with van der Waals surface area (Å²) in [5.41, 5.74) is 0. The van der Waals surface area contributed by atoms with Crippen LogP contribution in [0.3, 0.4) is 0 Å². The van der Waals surface area contributed by atoms with E-state index in [1.54, 1.807) is 0 Å². The van der Waals surface area contributed by atoms with Gasteiger partial charge >= 0.3 is 0 Å². The number of hydrogen-bond donors (Lipinski definition) is 1. The summed E-state index contributed by atoms with van der Waals surface area (Å²) < 4.78 is 24.3. The zero-order valence-electron chi connectivity index (χ0n) is 12.5. The minimum Gasteiger partial charge on any atom is -0.336 e. The first-order valence-electron chi connectivity index (χ1n) is 7.75. The molecule has 0 aliphatic carbocycles. The van der Waals surface area contributed by atoms with Gasteiger partial charge in [0, 0.05) is 25.2 Å². The van der Waals surface area contributed by atoms with Crippen LogP contribution in [-0.2, 0) is 14.6 Å². The van der Waals surface area contributed by atoms with Gasteiger partial charge in [0.25, 0.3) is 0 Å². The first-order valence-corrected chi connectivity index (χ1v) is 9.46. The summed E-state index contributed by atoms with van der Waals surface area (Å²) in [7, 11) is -3.24. The predicted molar refractivity (Wildman–Crippen MR) is 79.3 cm³/mol. The van der Waals surface area contributed by atoms with Crippen LogP contribution in [0.15, 0.2) is 0 Å². The Balaban J connectivity index is 2.16. The molecule has 2 fully saturated rings. The Bertz CT molecular complexity index is 449. The average Bonchev–Trinajstić information content (AvgIpc) is 2.45. The van der Waals surface area contributed by atoms with E-state index in [1.165, 1.54) is 0 Å². The molecule has 0 spiro atoms. The van der Waals surface area contributed by atoms with Crippen molar-refractivity contribution < 1.29 is 13.2 Å². The third-order valence-electron chi connectivity index (χ3n) is 4.60. The first kappa shape index (κ1) is 15.8. The van der Waals surface area contributed by atoms with E-state index in [9.17, 15) is 13.2 Å². The van der Waals surface area contributed by atoms with Crippen LogP contribution >= 0.6 is 0 Å². The third kappa shape index (κ3) is 3.17. The lowest BCUT2D eigenvalue weighted by Crippen LogP contribution is -2.60. The number of rotatable bonds is 3. The largest absolute Gasteiger partial charge is 0.336 e. The fourth-order valence-corrected chi connectivity index (χ4v) is 5.05. The van der Waals surface area contributed by atoms with Crippen molar-refractivity contribution in [2.75, 3.05) is 18.8 Å². The van der Waals surface area contributed by atoms with Crippen molar-refractivity contribution in [3.05, 3.63) is 0 Å². The Morgan fingerprint density at radius 3 is 2.60 bits per heavy atom. The molecular weight excluding hydrogens is 276 g/mol. The van der Waals surface area contributed by atoms with Gasteiger partial charge in [-0.25, -0.2) is 8.42 Å². The van der Waals surface area contributed by atoms with E-state index in [0.717, 1.165) is 25.8 Å². The third-order valence-corrected chi connectivity index (χ3v) is 6.76. The summed E-state index contributed by atoms with van der Waals surface area (Å²) >= 11 is 0. The summed E-state index contributed by atoms with van der Waals surface area (Å²) in [5.74, 6) is 0.0141. The molecule has 0 radical (unpaired) electrons. The molecule has 3 unspecified atom stereocenters. The van der Waals surface area contributed by atoms with Gasteiger partial charge in [0.05, 0.1) is 5.75 Å². The van der Waals surface area contributed by atoms with Gasteiger partial charge < -0.3 is 10.2 Å². The molecule has 1 amide bonds. The number of sulfone groups is 1. The van der Waals surface area contributed by atoms with Gasteiger partial charge in [-0.2, -0.15) is 0 Å². The van der Waals surface area contributed by atoms with Crippen LogP contribution in [0.25, 0.3) is 0 Å². The second-order valence-corrected chi connectivity index (χ2v) is 8.22. The summed E-state index contributed by atoms with van der Waals surface area (Å²) in [6.45, 7) is 5.55. The Morgan fingerprint density at radius 1 is 1.25 bits per heavy atom. The maximum Gasteiger partial charge on any atom is 0.241 e. The van der Waals surface area contributed by atoms with E-state index in [2.05, 4.69) is 12.2 Å². The van der Waals surface area contributed by atoms with E-state index >= 15 is 0 Å². The van der Waals surface area contributed by atoms with Gasteiger partial charge in [-0.05, 0) is 25.7 Å². The fourth-order valence-electron chi connectivity index (χ4n) is 3.19. The molecule has 6 heteroatoms. The molecule has 2 aliphatic heterocycles. The second-order valence-electron chi connectivity index (χ2n) is 5.92. The van der Waals surface area contributed by atoms with Crippen molar-refractivity contribution in [3.8, 4) is 0 Å². The molecule has 0 aromatic heterocycles.